The highest BCUT2D eigenvalue weighted by molar-refractivity contribution is 7.98. The molecule has 0 unspecified atom stereocenters. The molecule has 3 N–H and O–H groups in total. The van der Waals surface area contributed by atoms with E-state index in [2.05, 4.69) is 47.6 Å². The van der Waals surface area contributed by atoms with Gasteiger partial charge in [0.15, 0.2) is 0 Å². The molecule has 1 heterocycles. The predicted molar refractivity (Wildman–Crippen MR) is 104 cm³/mol. The quantitative estimate of drug-likeness (QED) is 0.478. The van der Waals surface area contributed by atoms with Gasteiger partial charge in [-0.25, -0.2) is 0 Å². The van der Waals surface area contributed by atoms with Gasteiger partial charge in [0.25, 0.3) is 0 Å². The number of hydrogen-bond acceptors (Lipinski definition) is 3. The van der Waals surface area contributed by atoms with E-state index in [0.29, 0.717) is 0 Å². The van der Waals surface area contributed by atoms with Gasteiger partial charge in [0.1, 0.15) is 5.75 Å². The number of nitrogens with one attached hydrogen (secondary N) is 1. The van der Waals surface area contributed by atoms with E-state index in [0.717, 1.165) is 37.1 Å². The number of unbranched alkanes of at least 4 members (excludes halogenated alkanes) is 1. The monoisotopic (exact) mass is 340 g/mol. The fourth-order valence-corrected chi connectivity index (χ4v) is 3.75. The van der Waals surface area contributed by atoms with Crippen LogP contribution < -0.4 is 10.5 Å². The summed E-state index contributed by atoms with van der Waals surface area (Å²) in [7, 11) is 1.71. The topological polar surface area (TPSA) is 51.0 Å². The Labute approximate surface area is 147 Å². The molecule has 0 saturated carbocycles. The van der Waals surface area contributed by atoms with Crippen molar-refractivity contribution in [2.24, 2.45) is 5.73 Å². The Morgan fingerprint density at radius 3 is 2.71 bits per heavy atom. The number of nitrogens with two attached hydrogens (primary N) is 1. The van der Waals surface area contributed by atoms with Crippen molar-refractivity contribution in [2.75, 3.05) is 19.9 Å². The van der Waals surface area contributed by atoms with Crippen LogP contribution in [-0.4, -0.2) is 24.9 Å². The van der Waals surface area contributed by atoms with Crippen molar-refractivity contribution in [3.63, 3.8) is 0 Å². The number of methoxy groups -OCH3 is 1. The molecule has 0 bridgehead atoms. The number of rotatable bonds is 7. The highest BCUT2D eigenvalue weighted by Crippen LogP contribution is 2.37. The molecule has 0 saturated heterocycles. The van der Waals surface area contributed by atoms with E-state index in [1.807, 2.05) is 6.07 Å². The normalized spacial score (nSPS) is 11.1. The molecule has 3 rings (SSSR count). The van der Waals surface area contributed by atoms with Crippen LogP contribution in [-0.2, 0) is 6.42 Å². The smallest absolute Gasteiger partial charge is 0.119 e. The first-order valence-corrected chi connectivity index (χ1v) is 9.53. The van der Waals surface area contributed by atoms with E-state index in [1.54, 1.807) is 18.9 Å². The van der Waals surface area contributed by atoms with Gasteiger partial charge in [-0.1, -0.05) is 18.2 Å². The largest absolute Gasteiger partial charge is 0.497 e. The number of aromatic amines is 1. The fraction of sp³-hybridized carbons (Fsp3) is 0.300. The standard InChI is InChI=1S/C20H24N2OS/c1-23-14-10-11-18-17(13-14)15(7-5-6-12-21)20(22-18)16-8-3-4-9-19(16)24-2/h3-4,8-11,13,22H,5-7,12,21H2,1-2H3. The zero-order chi connectivity index (χ0) is 16.9. The number of hydrogen-bond donors (Lipinski definition) is 2. The minimum atomic E-state index is 0.739. The second-order valence-electron chi connectivity index (χ2n) is 5.84. The van der Waals surface area contributed by atoms with E-state index in [1.165, 1.54) is 27.1 Å². The maximum atomic E-state index is 5.69. The molecular weight excluding hydrogens is 316 g/mol. The zero-order valence-electron chi connectivity index (χ0n) is 14.3. The number of fused-ring (bicyclic) bond motifs is 1. The minimum absolute atomic E-state index is 0.739. The summed E-state index contributed by atoms with van der Waals surface area (Å²) in [5, 5.41) is 1.25. The van der Waals surface area contributed by atoms with Crippen LogP contribution in [0, 0.1) is 0 Å². The first-order valence-electron chi connectivity index (χ1n) is 8.30. The molecule has 4 heteroatoms. The van der Waals surface area contributed by atoms with Crippen LogP contribution in [0.4, 0.5) is 0 Å². The lowest BCUT2D eigenvalue weighted by atomic mass is 10.00. The number of aromatic nitrogens is 1. The van der Waals surface area contributed by atoms with Gasteiger partial charge in [0.05, 0.1) is 12.8 Å². The molecule has 1 aromatic heterocycles. The van der Waals surface area contributed by atoms with Gasteiger partial charge in [-0.05, 0) is 61.9 Å². The molecule has 0 spiro atoms. The summed E-state index contributed by atoms with van der Waals surface area (Å²) in [6.07, 6.45) is 5.27. The Kier molecular flexibility index (Phi) is 5.48. The van der Waals surface area contributed by atoms with Crippen LogP contribution >= 0.6 is 11.8 Å². The average molecular weight is 340 g/mol. The second-order valence-corrected chi connectivity index (χ2v) is 6.68. The lowest BCUT2D eigenvalue weighted by Crippen LogP contribution is -1.99. The average Bonchev–Trinajstić information content (AvgIpc) is 2.99. The van der Waals surface area contributed by atoms with E-state index in [4.69, 9.17) is 10.5 Å². The van der Waals surface area contributed by atoms with Crippen molar-refractivity contribution >= 4 is 22.7 Å². The maximum absolute atomic E-state index is 5.69. The lowest BCUT2D eigenvalue weighted by molar-refractivity contribution is 0.415. The molecule has 0 amide bonds. The molecule has 126 valence electrons. The molecule has 24 heavy (non-hydrogen) atoms. The van der Waals surface area contributed by atoms with Gasteiger partial charge < -0.3 is 15.5 Å². The molecule has 0 atom stereocenters. The zero-order valence-corrected chi connectivity index (χ0v) is 15.1. The molecule has 3 nitrogen and oxygen atoms in total. The Morgan fingerprint density at radius 2 is 1.96 bits per heavy atom. The highest BCUT2D eigenvalue weighted by Gasteiger charge is 2.15. The molecule has 0 aliphatic heterocycles. The van der Waals surface area contributed by atoms with E-state index in [9.17, 15) is 0 Å². The number of thioether (sulfide) groups is 1. The summed E-state index contributed by atoms with van der Waals surface area (Å²) in [6.45, 7) is 0.739. The molecular formula is C20H24N2OS. The van der Waals surface area contributed by atoms with Gasteiger partial charge in [0, 0.05) is 21.4 Å². The van der Waals surface area contributed by atoms with Gasteiger partial charge in [-0.2, -0.15) is 0 Å². The highest BCUT2D eigenvalue weighted by atomic mass is 32.2. The summed E-state index contributed by atoms with van der Waals surface area (Å²) in [4.78, 5) is 4.92. The summed E-state index contributed by atoms with van der Waals surface area (Å²) < 4.78 is 5.42. The van der Waals surface area contributed by atoms with E-state index < -0.39 is 0 Å². The molecule has 3 aromatic rings. The number of H-pyrrole nitrogens is 1. The van der Waals surface area contributed by atoms with Gasteiger partial charge >= 0.3 is 0 Å². The van der Waals surface area contributed by atoms with Crippen molar-refractivity contribution in [1.82, 2.24) is 4.98 Å². The van der Waals surface area contributed by atoms with Crippen molar-refractivity contribution in [1.29, 1.82) is 0 Å². The third-order valence-electron chi connectivity index (χ3n) is 4.37. The Morgan fingerprint density at radius 1 is 1.12 bits per heavy atom. The summed E-state index contributed by atoms with van der Waals surface area (Å²) in [5.74, 6) is 0.895. The van der Waals surface area contributed by atoms with Crippen molar-refractivity contribution in [3.8, 4) is 17.0 Å². The lowest BCUT2D eigenvalue weighted by Gasteiger charge is -2.09. The molecule has 0 fully saturated rings. The van der Waals surface area contributed by atoms with Gasteiger partial charge in [-0.3, -0.25) is 0 Å². The second kappa shape index (κ2) is 7.77. The van der Waals surface area contributed by atoms with Crippen LogP contribution in [0.15, 0.2) is 47.4 Å². The Hall–Kier alpha value is -1.91. The first kappa shape index (κ1) is 16.9. The van der Waals surface area contributed by atoms with Crippen molar-refractivity contribution in [2.45, 2.75) is 24.2 Å². The minimum Gasteiger partial charge on any atom is -0.497 e. The van der Waals surface area contributed by atoms with E-state index >= 15 is 0 Å². The molecule has 2 aromatic carbocycles. The van der Waals surface area contributed by atoms with Gasteiger partial charge in [0.2, 0.25) is 0 Å². The van der Waals surface area contributed by atoms with Crippen molar-refractivity contribution < 1.29 is 4.74 Å². The Bertz CT molecular complexity index is 826. The molecule has 0 aliphatic carbocycles. The number of ether oxygens (including phenoxy) is 1. The molecule has 0 aliphatic rings. The third-order valence-corrected chi connectivity index (χ3v) is 5.17. The first-order chi connectivity index (χ1) is 11.8. The van der Waals surface area contributed by atoms with Crippen LogP contribution in [0.1, 0.15) is 18.4 Å². The van der Waals surface area contributed by atoms with Crippen LogP contribution in [0.3, 0.4) is 0 Å². The predicted octanol–water partition coefficient (Wildman–Crippen LogP) is 4.85. The molecule has 0 radical (unpaired) electrons. The SMILES string of the molecule is COc1ccc2[nH]c(-c3ccccc3SC)c(CCCCN)c2c1. The summed E-state index contributed by atoms with van der Waals surface area (Å²) in [6, 6.07) is 14.8. The van der Waals surface area contributed by atoms with Crippen molar-refractivity contribution in [3.05, 3.63) is 48.0 Å². The van der Waals surface area contributed by atoms with Crippen LogP contribution in [0.25, 0.3) is 22.2 Å². The Balaban J connectivity index is 2.16. The summed E-state index contributed by atoms with van der Waals surface area (Å²) >= 11 is 1.78. The fourth-order valence-electron chi connectivity index (χ4n) is 3.14. The number of benzene rings is 2. The van der Waals surface area contributed by atoms with Gasteiger partial charge in [-0.15, -0.1) is 11.8 Å². The summed E-state index contributed by atoms with van der Waals surface area (Å²) in [5.41, 5.74) is 10.7. The maximum Gasteiger partial charge on any atom is 0.119 e. The van der Waals surface area contributed by atoms with E-state index in [-0.39, 0.29) is 0 Å². The number of aryl methyl sites for hydroxylation is 1. The van der Waals surface area contributed by atoms with Crippen LogP contribution in [0.2, 0.25) is 0 Å². The third kappa shape index (κ3) is 3.30. The van der Waals surface area contributed by atoms with Crippen LogP contribution in [0.5, 0.6) is 5.75 Å².